The van der Waals surface area contributed by atoms with Gasteiger partial charge in [-0.1, -0.05) is 169 Å². The van der Waals surface area contributed by atoms with Crippen molar-refractivity contribution >= 4 is 0 Å². The molecule has 1 atom stereocenters. The molecule has 0 radical (unpaired) electrons. The molecule has 0 saturated heterocycles. The molecule has 1 N–H and O–H groups in total. The molecule has 3 rings (SSSR count). The second kappa shape index (κ2) is 16.3. The highest BCUT2D eigenvalue weighted by molar-refractivity contribution is 5.47. The van der Waals surface area contributed by atoms with Crippen LogP contribution in [0.1, 0.15) is 101 Å². The Bertz CT molecular complexity index is 827. The molecule has 3 aromatic carbocycles. The average Bonchev–Trinajstić information content (AvgIpc) is 2.94. The summed E-state index contributed by atoms with van der Waals surface area (Å²) in [5.74, 6) is 0. The predicted molar refractivity (Wildman–Crippen MR) is 152 cm³/mol. The summed E-state index contributed by atoms with van der Waals surface area (Å²) in [5.41, 5.74) is 2.46. The molecule has 1 unspecified atom stereocenters. The van der Waals surface area contributed by atoms with Crippen LogP contribution >= 0.6 is 0 Å². The molecule has 3 aromatic rings. The van der Waals surface area contributed by atoms with Gasteiger partial charge in [0.05, 0.1) is 12.7 Å². The number of aliphatic hydroxyl groups is 1. The highest BCUT2D eigenvalue weighted by atomic mass is 16.5. The van der Waals surface area contributed by atoms with Crippen molar-refractivity contribution in [1.29, 1.82) is 0 Å². The van der Waals surface area contributed by atoms with Gasteiger partial charge in [0.15, 0.2) is 0 Å². The van der Waals surface area contributed by atoms with Crippen LogP contribution in [0.2, 0.25) is 0 Å². The van der Waals surface area contributed by atoms with E-state index < -0.39 is 11.7 Å². The number of aliphatic hydroxyl groups excluding tert-OH is 1. The largest absolute Gasteiger partial charge is 0.391 e. The summed E-state index contributed by atoms with van der Waals surface area (Å²) in [6.45, 7) is 2.58. The van der Waals surface area contributed by atoms with Gasteiger partial charge in [0, 0.05) is 0 Å². The number of hydrogen-bond donors (Lipinski definition) is 1. The normalized spacial score (nSPS) is 12.5. The topological polar surface area (TPSA) is 29.5 Å². The van der Waals surface area contributed by atoms with Gasteiger partial charge in [0.1, 0.15) is 5.60 Å². The number of rotatable bonds is 18. The number of hydrogen-bond acceptors (Lipinski definition) is 2. The zero-order valence-electron chi connectivity index (χ0n) is 22.3. The molecule has 2 heteroatoms. The van der Waals surface area contributed by atoms with Crippen LogP contribution in [0.4, 0.5) is 0 Å². The number of unbranched alkanes of at least 4 members (excludes halogenated alkanes) is 10. The standard InChI is InChI=1S/C34H46O2/c1-2-3-4-5-6-7-8-9-10-11-21-28-33(35)29-36-34(30-22-15-12-16-23-30,31-24-17-13-18-25-31)32-26-19-14-20-27-32/h12-20,22-27,33,35H,2-11,21,28-29H2,1H3. The third-order valence-corrected chi connectivity index (χ3v) is 7.17. The summed E-state index contributed by atoms with van der Waals surface area (Å²) >= 11 is 0. The summed E-state index contributed by atoms with van der Waals surface area (Å²) in [6, 6.07) is 31.2. The lowest BCUT2D eigenvalue weighted by Gasteiger charge is -2.36. The maximum Gasteiger partial charge on any atom is 0.143 e. The molecule has 0 aromatic heterocycles. The molecular weight excluding hydrogens is 440 g/mol. The molecule has 0 aliphatic carbocycles. The second-order valence-electron chi connectivity index (χ2n) is 10.1. The first-order valence-corrected chi connectivity index (χ1v) is 14.3. The molecule has 0 fully saturated rings. The SMILES string of the molecule is CCCCCCCCCCCCCC(O)COC(c1ccccc1)(c1ccccc1)c1ccccc1. The molecule has 0 bridgehead atoms. The van der Waals surface area contributed by atoms with Crippen LogP contribution < -0.4 is 0 Å². The van der Waals surface area contributed by atoms with E-state index in [1.807, 2.05) is 18.2 Å². The Morgan fingerprint density at radius 1 is 0.556 bits per heavy atom. The fraction of sp³-hybridized carbons (Fsp3) is 0.471. The van der Waals surface area contributed by atoms with Crippen molar-refractivity contribution in [2.45, 2.75) is 95.7 Å². The maximum absolute atomic E-state index is 10.9. The van der Waals surface area contributed by atoms with Crippen molar-refractivity contribution < 1.29 is 9.84 Å². The summed E-state index contributed by atoms with van der Waals surface area (Å²) in [6.07, 6.45) is 14.8. The quantitative estimate of drug-likeness (QED) is 0.143. The molecule has 0 aliphatic rings. The Labute approximate surface area is 219 Å². The van der Waals surface area contributed by atoms with Gasteiger partial charge in [0.25, 0.3) is 0 Å². The number of ether oxygens (including phenoxy) is 1. The lowest BCUT2D eigenvalue weighted by Crippen LogP contribution is -2.35. The van der Waals surface area contributed by atoms with Crippen molar-refractivity contribution in [2.75, 3.05) is 6.61 Å². The van der Waals surface area contributed by atoms with E-state index in [1.165, 1.54) is 64.2 Å². The van der Waals surface area contributed by atoms with Gasteiger partial charge >= 0.3 is 0 Å². The van der Waals surface area contributed by atoms with Crippen LogP contribution in [-0.2, 0) is 10.3 Å². The third kappa shape index (κ3) is 8.61. The Morgan fingerprint density at radius 3 is 1.31 bits per heavy atom. The number of benzene rings is 3. The van der Waals surface area contributed by atoms with Crippen LogP contribution in [-0.4, -0.2) is 17.8 Å². The third-order valence-electron chi connectivity index (χ3n) is 7.17. The van der Waals surface area contributed by atoms with Crippen LogP contribution in [0.15, 0.2) is 91.0 Å². The van der Waals surface area contributed by atoms with Crippen molar-refractivity contribution in [3.8, 4) is 0 Å². The zero-order chi connectivity index (χ0) is 25.3. The van der Waals surface area contributed by atoms with Gasteiger partial charge in [-0.25, -0.2) is 0 Å². The summed E-state index contributed by atoms with van der Waals surface area (Å²) in [5, 5.41) is 10.9. The van der Waals surface area contributed by atoms with Gasteiger partial charge in [-0.15, -0.1) is 0 Å². The highest BCUT2D eigenvalue weighted by Gasteiger charge is 2.37. The summed E-state index contributed by atoms with van der Waals surface area (Å²) < 4.78 is 6.75. The van der Waals surface area contributed by atoms with Gasteiger partial charge in [0.2, 0.25) is 0 Å². The molecule has 0 spiro atoms. The smallest absolute Gasteiger partial charge is 0.143 e. The lowest BCUT2D eigenvalue weighted by atomic mass is 9.80. The minimum Gasteiger partial charge on any atom is -0.391 e. The van der Waals surface area contributed by atoms with Gasteiger partial charge in [-0.2, -0.15) is 0 Å². The van der Waals surface area contributed by atoms with Crippen LogP contribution in [0, 0.1) is 0 Å². The van der Waals surface area contributed by atoms with Crippen LogP contribution in [0.5, 0.6) is 0 Å². The summed E-state index contributed by atoms with van der Waals surface area (Å²) in [4.78, 5) is 0. The summed E-state index contributed by atoms with van der Waals surface area (Å²) in [7, 11) is 0. The van der Waals surface area contributed by atoms with Crippen molar-refractivity contribution in [2.24, 2.45) is 0 Å². The van der Waals surface area contributed by atoms with Crippen molar-refractivity contribution in [1.82, 2.24) is 0 Å². The molecule has 0 heterocycles. The Balaban J connectivity index is 1.54. The van der Waals surface area contributed by atoms with E-state index in [0.29, 0.717) is 6.61 Å². The highest BCUT2D eigenvalue weighted by Crippen LogP contribution is 2.40. The van der Waals surface area contributed by atoms with Crippen LogP contribution in [0.3, 0.4) is 0 Å². The van der Waals surface area contributed by atoms with E-state index in [-0.39, 0.29) is 0 Å². The molecule has 36 heavy (non-hydrogen) atoms. The Morgan fingerprint density at radius 2 is 0.917 bits per heavy atom. The van der Waals surface area contributed by atoms with Crippen LogP contribution in [0.25, 0.3) is 0 Å². The van der Waals surface area contributed by atoms with E-state index in [1.54, 1.807) is 0 Å². The van der Waals surface area contributed by atoms with Gasteiger partial charge < -0.3 is 9.84 Å². The van der Waals surface area contributed by atoms with E-state index in [0.717, 1.165) is 29.5 Å². The second-order valence-corrected chi connectivity index (χ2v) is 10.1. The molecular formula is C34H46O2. The molecule has 2 nitrogen and oxygen atoms in total. The van der Waals surface area contributed by atoms with E-state index in [4.69, 9.17) is 4.74 Å². The predicted octanol–water partition coefficient (Wildman–Crippen LogP) is 9.06. The minimum atomic E-state index is -0.762. The monoisotopic (exact) mass is 486 g/mol. The molecule has 0 saturated carbocycles. The Kier molecular flexibility index (Phi) is 12.8. The van der Waals surface area contributed by atoms with Crippen molar-refractivity contribution in [3.05, 3.63) is 108 Å². The van der Waals surface area contributed by atoms with Crippen molar-refractivity contribution in [3.63, 3.8) is 0 Å². The minimum absolute atomic E-state index is 0.302. The van der Waals surface area contributed by atoms with E-state index >= 15 is 0 Å². The molecule has 194 valence electrons. The average molecular weight is 487 g/mol. The van der Waals surface area contributed by atoms with Gasteiger partial charge in [-0.05, 0) is 23.1 Å². The maximum atomic E-state index is 10.9. The van der Waals surface area contributed by atoms with Gasteiger partial charge in [-0.3, -0.25) is 0 Å². The molecule has 0 amide bonds. The first-order valence-electron chi connectivity index (χ1n) is 14.3. The first kappa shape index (κ1) is 28.2. The van der Waals surface area contributed by atoms with E-state index in [9.17, 15) is 5.11 Å². The zero-order valence-corrected chi connectivity index (χ0v) is 22.3. The van der Waals surface area contributed by atoms with E-state index in [2.05, 4.69) is 79.7 Å². The molecule has 0 aliphatic heterocycles. The lowest BCUT2D eigenvalue weighted by molar-refractivity contribution is -0.0405. The first-order chi connectivity index (χ1) is 17.8. The fourth-order valence-corrected chi connectivity index (χ4v) is 5.12. The fourth-order valence-electron chi connectivity index (χ4n) is 5.12. The Hall–Kier alpha value is -2.42.